The van der Waals surface area contributed by atoms with Gasteiger partial charge in [-0.3, -0.25) is 0 Å². The van der Waals surface area contributed by atoms with Crippen LogP contribution in [0.5, 0.6) is 0 Å². The summed E-state index contributed by atoms with van der Waals surface area (Å²) in [4.78, 5) is 25.6. The minimum absolute atomic E-state index is 0.114. The Bertz CT molecular complexity index is 1040. The summed E-state index contributed by atoms with van der Waals surface area (Å²) in [5.41, 5.74) is 1.05. The zero-order valence-corrected chi connectivity index (χ0v) is 24.9. The van der Waals surface area contributed by atoms with Crippen LogP contribution in [0.1, 0.15) is 47.4 Å². The molecule has 0 aliphatic carbocycles. The lowest BCUT2D eigenvalue weighted by Gasteiger charge is -2.40. The minimum Gasteiger partial charge on any atom is -0.460 e. The average molecular weight is 589 g/mol. The summed E-state index contributed by atoms with van der Waals surface area (Å²) in [7, 11) is 0. The van der Waals surface area contributed by atoms with E-state index in [0.717, 1.165) is 39.3 Å². The van der Waals surface area contributed by atoms with Gasteiger partial charge in [-0.25, -0.2) is 9.59 Å². The number of ether oxygens (including phenoxy) is 8. The molecule has 0 aromatic heterocycles. The number of carbonyl (C=O) groups is 2. The molecule has 2 heterocycles. The second kappa shape index (κ2) is 16.3. The van der Waals surface area contributed by atoms with E-state index in [2.05, 4.69) is 13.8 Å². The van der Waals surface area contributed by atoms with E-state index < -0.39 is 11.9 Å². The molecule has 2 aliphatic rings. The molecule has 42 heavy (non-hydrogen) atoms. The number of hydrogen-bond acceptors (Lipinski definition) is 10. The molecule has 2 aliphatic heterocycles. The van der Waals surface area contributed by atoms with Crippen LogP contribution in [0.3, 0.4) is 0 Å². The summed E-state index contributed by atoms with van der Waals surface area (Å²) < 4.78 is 43.9. The van der Waals surface area contributed by atoms with E-state index in [1.165, 1.54) is 0 Å². The van der Waals surface area contributed by atoms with Crippen molar-refractivity contribution in [3.63, 3.8) is 0 Å². The zero-order valence-electron chi connectivity index (χ0n) is 24.9. The largest absolute Gasteiger partial charge is 0.460 e. The van der Waals surface area contributed by atoms with E-state index in [9.17, 15) is 9.59 Å². The van der Waals surface area contributed by atoms with Crippen molar-refractivity contribution in [2.75, 3.05) is 92.5 Å². The third-order valence-electron chi connectivity index (χ3n) is 7.98. The van der Waals surface area contributed by atoms with E-state index in [1.54, 1.807) is 24.3 Å². The van der Waals surface area contributed by atoms with Crippen molar-refractivity contribution >= 4 is 22.7 Å². The SMILES string of the molecule is CCC1(COCCOCCOC(=O)c2ccc(C(=O)OCCOCCOCC3(CC)COC3)c3ccccc23)COC1. The van der Waals surface area contributed by atoms with Crippen molar-refractivity contribution in [1.82, 2.24) is 0 Å². The Morgan fingerprint density at radius 2 is 0.976 bits per heavy atom. The van der Waals surface area contributed by atoms with Crippen LogP contribution in [-0.2, 0) is 37.9 Å². The maximum Gasteiger partial charge on any atom is 0.338 e. The van der Waals surface area contributed by atoms with Gasteiger partial charge in [-0.2, -0.15) is 0 Å². The molecule has 232 valence electrons. The number of carbonyl (C=O) groups excluding carboxylic acids is 2. The van der Waals surface area contributed by atoms with Gasteiger partial charge in [0.15, 0.2) is 0 Å². The quantitative estimate of drug-likeness (QED) is 0.166. The van der Waals surface area contributed by atoms with Gasteiger partial charge in [-0.15, -0.1) is 0 Å². The molecular weight excluding hydrogens is 544 g/mol. The maximum atomic E-state index is 12.8. The molecular formula is C32H44O10. The Hall–Kier alpha value is -2.60. The van der Waals surface area contributed by atoms with Gasteiger partial charge < -0.3 is 37.9 Å². The fourth-order valence-electron chi connectivity index (χ4n) is 4.77. The van der Waals surface area contributed by atoms with Crippen LogP contribution in [0, 0.1) is 10.8 Å². The minimum atomic E-state index is -0.480. The average Bonchev–Trinajstić information content (AvgIpc) is 2.97. The lowest BCUT2D eigenvalue weighted by molar-refractivity contribution is -0.153. The highest BCUT2D eigenvalue weighted by Gasteiger charge is 2.37. The van der Waals surface area contributed by atoms with Crippen molar-refractivity contribution in [2.24, 2.45) is 10.8 Å². The summed E-state index contributed by atoms with van der Waals surface area (Å²) in [5, 5.41) is 1.23. The molecule has 2 fully saturated rings. The van der Waals surface area contributed by atoms with Crippen molar-refractivity contribution < 1.29 is 47.5 Å². The highest BCUT2D eigenvalue weighted by Crippen LogP contribution is 2.32. The van der Waals surface area contributed by atoms with Crippen LogP contribution in [0.2, 0.25) is 0 Å². The molecule has 2 aromatic carbocycles. The van der Waals surface area contributed by atoms with E-state index in [-0.39, 0.29) is 37.3 Å². The molecule has 0 atom stereocenters. The van der Waals surface area contributed by atoms with E-state index in [1.807, 2.05) is 12.1 Å². The molecule has 10 nitrogen and oxygen atoms in total. The first kappa shape index (κ1) is 32.3. The van der Waals surface area contributed by atoms with Crippen molar-refractivity contribution in [3.05, 3.63) is 47.5 Å². The van der Waals surface area contributed by atoms with Gasteiger partial charge in [0.2, 0.25) is 0 Å². The number of fused-ring (bicyclic) bond motifs is 1. The van der Waals surface area contributed by atoms with Crippen LogP contribution in [0.15, 0.2) is 36.4 Å². The molecule has 10 heteroatoms. The molecule has 0 unspecified atom stereocenters. The summed E-state index contributed by atoms with van der Waals surface area (Å²) in [6.45, 7) is 11.2. The first-order valence-corrected chi connectivity index (χ1v) is 14.8. The lowest BCUT2D eigenvalue weighted by atomic mass is 9.84. The van der Waals surface area contributed by atoms with E-state index >= 15 is 0 Å². The second-order valence-corrected chi connectivity index (χ2v) is 11.0. The van der Waals surface area contributed by atoms with E-state index in [4.69, 9.17) is 37.9 Å². The number of esters is 2. The fraction of sp³-hybridized carbons (Fsp3) is 0.625. The standard InChI is InChI=1S/C32H44O10/c1-3-31(21-39-22-31)19-37-13-11-35-15-17-41-29(33)27-9-10-28(26-8-6-5-7-25(26)27)30(34)42-18-16-36-12-14-38-20-32(4-2)23-40-24-32/h5-10H,3-4,11-24H2,1-2H3. The molecule has 0 bridgehead atoms. The van der Waals surface area contributed by atoms with Crippen LogP contribution in [-0.4, -0.2) is 104 Å². The molecule has 2 saturated heterocycles. The molecule has 0 N–H and O–H groups in total. The Labute approximate surface area is 247 Å². The van der Waals surface area contributed by atoms with Gasteiger partial charge in [-0.1, -0.05) is 38.1 Å². The van der Waals surface area contributed by atoms with Crippen molar-refractivity contribution in [2.45, 2.75) is 26.7 Å². The summed E-state index contributed by atoms with van der Waals surface area (Å²) in [6.07, 6.45) is 2.06. The molecule has 2 aromatic rings. The van der Waals surface area contributed by atoms with Crippen LogP contribution in [0.4, 0.5) is 0 Å². The van der Waals surface area contributed by atoms with Crippen molar-refractivity contribution in [1.29, 1.82) is 0 Å². The highest BCUT2D eigenvalue weighted by atomic mass is 16.6. The normalized spacial score (nSPS) is 16.9. The third kappa shape index (κ3) is 8.72. The van der Waals surface area contributed by atoms with Gasteiger partial charge in [-0.05, 0) is 35.7 Å². The highest BCUT2D eigenvalue weighted by molar-refractivity contribution is 6.11. The lowest BCUT2D eigenvalue weighted by Crippen LogP contribution is -2.45. The summed E-state index contributed by atoms with van der Waals surface area (Å²) >= 11 is 0. The van der Waals surface area contributed by atoms with Gasteiger partial charge in [0.25, 0.3) is 0 Å². The van der Waals surface area contributed by atoms with Crippen LogP contribution < -0.4 is 0 Å². The maximum absolute atomic E-state index is 12.8. The molecule has 0 radical (unpaired) electrons. The van der Waals surface area contributed by atoms with Gasteiger partial charge in [0.1, 0.15) is 13.2 Å². The van der Waals surface area contributed by atoms with Gasteiger partial charge in [0, 0.05) is 10.8 Å². The van der Waals surface area contributed by atoms with Crippen LogP contribution in [0.25, 0.3) is 10.8 Å². The smallest absolute Gasteiger partial charge is 0.338 e. The monoisotopic (exact) mass is 588 g/mol. The predicted molar refractivity (Wildman–Crippen MR) is 155 cm³/mol. The number of rotatable bonds is 20. The first-order chi connectivity index (χ1) is 20.5. The Kier molecular flexibility index (Phi) is 12.5. The number of benzene rings is 2. The van der Waals surface area contributed by atoms with Crippen molar-refractivity contribution in [3.8, 4) is 0 Å². The second-order valence-electron chi connectivity index (χ2n) is 11.0. The molecule has 0 amide bonds. The molecule has 0 saturated carbocycles. The molecule has 4 rings (SSSR count). The Balaban J connectivity index is 1.13. The molecule has 0 spiro atoms. The van der Waals surface area contributed by atoms with E-state index in [0.29, 0.717) is 61.5 Å². The topological polar surface area (TPSA) is 108 Å². The Morgan fingerprint density at radius 3 is 1.33 bits per heavy atom. The third-order valence-corrected chi connectivity index (χ3v) is 7.98. The summed E-state index contributed by atoms with van der Waals surface area (Å²) in [6, 6.07) is 10.4. The number of hydrogen-bond donors (Lipinski definition) is 0. The van der Waals surface area contributed by atoms with Gasteiger partial charge in [0.05, 0.1) is 90.4 Å². The zero-order chi connectivity index (χ0) is 29.7. The fourth-order valence-corrected chi connectivity index (χ4v) is 4.77. The van der Waals surface area contributed by atoms with Crippen LogP contribution >= 0.6 is 0 Å². The Morgan fingerprint density at radius 1 is 0.595 bits per heavy atom. The predicted octanol–water partition coefficient (Wildman–Crippen LogP) is 4.07. The first-order valence-electron chi connectivity index (χ1n) is 14.8. The summed E-state index contributed by atoms with van der Waals surface area (Å²) in [5.74, 6) is -0.961. The van der Waals surface area contributed by atoms with Gasteiger partial charge >= 0.3 is 11.9 Å².